The number of carbonyl (C=O) groups excluding carboxylic acids is 2. The standard InChI is InChI=1S/C24H19ClFN3O4/c1-13-6-8-14(9-7-13)22-28-27-21(33-22)12-32-20-11-19(18(26)10-17(20)25)29-23(30)15-4-2-3-5-16(15)24(29)31/h6-11H,2-5,12H2,1H3. The Morgan fingerprint density at radius 2 is 1.73 bits per heavy atom. The third-order valence-electron chi connectivity index (χ3n) is 5.75. The number of halogens is 2. The van der Waals surface area contributed by atoms with Crippen LogP contribution in [0.5, 0.6) is 5.75 Å². The van der Waals surface area contributed by atoms with Crippen LogP contribution in [0.2, 0.25) is 5.02 Å². The monoisotopic (exact) mass is 467 g/mol. The van der Waals surface area contributed by atoms with E-state index in [0.717, 1.165) is 34.9 Å². The van der Waals surface area contributed by atoms with Gasteiger partial charge in [-0.25, -0.2) is 9.29 Å². The summed E-state index contributed by atoms with van der Waals surface area (Å²) in [6.07, 6.45) is 2.71. The number of imide groups is 1. The van der Waals surface area contributed by atoms with Gasteiger partial charge in [-0.2, -0.15) is 0 Å². The van der Waals surface area contributed by atoms with Crippen LogP contribution in [-0.4, -0.2) is 22.0 Å². The fourth-order valence-corrected chi connectivity index (χ4v) is 4.23. The maximum absolute atomic E-state index is 14.7. The summed E-state index contributed by atoms with van der Waals surface area (Å²) in [6, 6.07) is 9.88. The fraction of sp³-hybridized carbons (Fsp3) is 0.250. The summed E-state index contributed by atoms with van der Waals surface area (Å²) >= 11 is 6.15. The minimum absolute atomic E-state index is 0.00802. The molecule has 9 heteroatoms. The SMILES string of the molecule is Cc1ccc(-c2nnc(COc3cc(N4C(=O)C5=C(CCCC5)C4=O)c(F)cc3Cl)o2)cc1. The number of nitrogens with zero attached hydrogens (tertiary/aromatic N) is 3. The van der Waals surface area contributed by atoms with Crippen LogP contribution >= 0.6 is 11.6 Å². The molecule has 3 aromatic rings. The molecule has 7 nitrogen and oxygen atoms in total. The third kappa shape index (κ3) is 3.91. The molecule has 0 unspecified atom stereocenters. The molecule has 1 aliphatic carbocycles. The van der Waals surface area contributed by atoms with Crippen molar-refractivity contribution in [2.45, 2.75) is 39.2 Å². The summed E-state index contributed by atoms with van der Waals surface area (Å²) in [5.74, 6) is -1.13. The molecule has 33 heavy (non-hydrogen) atoms. The highest BCUT2D eigenvalue weighted by atomic mass is 35.5. The van der Waals surface area contributed by atoms with Crippen molar-refractivity contribution in [3.8, 4) is 17.2 Å². The third-order valence-corrected chi connectivity index (χ3v) is 6.04. The summed E-state index contributed by atoms with van der Waals surface area (Å²) in [7, 11) is 0. The van der Waals surface area contributed by atoms with E-state index in [1.165, 1.54) is 6.07 Å². The highest BCUT2D eigenvalue weighted by molar-refractivity contribution is 6.34. The molecule has 168 valence electrons. The average molecular weight is 468 g/mol. The molecule has 1 aliphatic heterocycles. The number of amides is 2. The van der Waals surface area contributed by atoms with Gasteiger partial charge >= 0.3 is 0 Å². The van der Waals surface area contributed by atoms with Crippen molar-refractivity contribution < 1.29 is 23.1 Å². The number of aryl methyl sites for hydroxylation is 1. The zero-order chi connectivity index (χ0) is 23.1. The van der Waals surface area contributed by atoms with Crippen molar-refractivity contribution in [3.05, 3.63) is 69.8 Å². The maximum atomic E-state index is 14.7. The molecule has 2 aliphatic rings. The first kappa shape index (κ1) is 21.3. The number of ether oxygens (including phenoxy) is 1. The Hall–Kier alpha value is -3.52. The number of hydrogen-bond donors (Lipinski definition) is 0. The van der Waals surface area contributed by atoms with Crippen molar-refractivity contribution >= 4 is 29.1 Å². The van der Waals surface area contributed by atoms with E-state index in [-0.39, 0.29) is 29.0 Å². The van der Waals surface area contributed by atoms with Crippen LogP contribution in [0.1, 0.15) is 37.1 Å². The second-order valence-electron chi connectivity index (χ2n) is 8.00. The summed E-state index contributed by atoms with van der Waals surface area (Å²) in [5, 5.41) is 7.97. The Morgan fingerprint density at radius 1 is 1.06 bits per heavy atom. The maximum Gasteiger partial charge on any atom is 0.261 e. The van der Waals surface area contributed by atoms with Crippen molar-refractivity contribution in [2.75, 3.05) is 4.90 Å². The van der Waals surface area contributed by atoms with Gasteiger partial charge in [0.2, 0.25) is 5.89 Å². The number of anilines is 1. The Labute approximate surface area is 193 Å². The fourth-order valence-electron chi connectivity index (χ4n) is 4.02. The van der Waals surface area contributed by atoms with E-state index in [9.17, 15) is 14.0 Å². The van der Waals surface area contributed by atoms with E-state index in [1.807, 2.05) is 31.2 Å². The van der Waals surface area contributed by atoms with Crippen molar-refractivity contribution in [3.63, 3.8) is 0 Å². The van der Waals surface area contributed by atoms with Crippen LogP contribution in [0.25, 0.3) is 11.5 Å². The minimum Gasteiger partial charge on any atom is -0.482 e. The smallest absolute Gasteiger partial charge is 0.261 e. The van der Waals surface area contributed by atoms with Crippen LogP contribution in [0.15, 0.2) is 52.0 Å². The lowest BCUT2D eigenvalue weighted by Gasteiger charge is -2.18. The summed E-state index contributed by atoms with van der Waals surface area (Å²) in [6.45, 7) is 1.85. The van der Waals surface area contributed by atoms with Gasteiger partial charge in [-0.05, 0) is 50.8 Å². The quantitative estimate of drug-likeness (QED) is 0.482. The Morgan fingerprint density at radius 3 is 2.39 bits per heavy atom. The molecule has 2 amide bonds. The topological polar surface area (TPSA) is 85.5 Å². The van der Waals surface area contributed by atoms with Crippen LogP contribution in [-0.2, 0) is 16.2 Å². The first-order valence-electron chi connectivity index (χ1n) is 10.5. The van der Waals surface area contributed by atoms with Crippen LogP contribution in [0, 0.1) is 12.7 Å². The number of aromatic nitrogens is 2. The van der Waals surface area contributed by atoms with Gasteiger partial charge in [-0.3, -0.25) is 9.59 Å². The molecule has 1 aromatic heterocycles. The first-order chi connectivity index (χ1) is 15.9. The van der Waals surface area contributed by atoms with E-state index >= 15 is 0 Å². The summed E-state index contributed by atoms with van der Waals surface area (Å²) in [4.78, 5) is 26.5. The molecule has 2 aromatic carbocycles. The second-order valence-corrected chi connectivity index (χ2v) is 8.41. The van der Waals surface area contributed by atoms with Gasteiger partial charge in [-0.1, -0.05) is 29.3 Å². The lowest BCUT2D eigenvalue weighted by atomic mass is 9.93. The lowest BCUT2D eigenvalue weighted by Crippen LogP contribution is -2.32. The summed E-state index contributed by atoms with van der Waals surface area (Å²) < 4.78 is 26.1. The molecule has 0 atom stereocenters. The van der Waals surface area contributed by atoms with E-state index in [2.05, 4.69) is 10.2 Å². The van der Waals surface area contributed by atoms with E-state index in [1.54, 1.807) is 0 Å². The van der Waals surface area contributed by atoms with Crippen LogP contribution < -0.4 is 9.64 Å². The highest BCUT2D eigenvalue weighted by Gasteiger charge is 2.41. The van der Waals surface area contributed by atoms with Gasteiger partial charge < -0.3 is 9.15 Å². The molecule has 0 bridgehead atoms. The minimum atomic E-state index is -0.784. The largest absolute Gasteiger partial charge is 0.482 e. The van der Waals surface area contributed by atoms with Crippen molar-refractivity contribution in [2.24, 2.45) is 0 Å². The molecule has 0 N–H and O–H groups in total. The summed E-state index contributed by atoms with van der Waals surface area (Å²) in [5.41, 5.74) is 2.62. The zero-order valence-electron chi connectivity index (χ0n) is 17.7. The van der Waals surface area contributed by atoms with Gasteiger partial charge in [-0.15, -0.1) is 10.2 Å². The van der Waals surface area contributed by atoms with Gasteiger partial charge in [0, 0.05) is 22.8 Å². The van der Waals surface area contributed by atoms with Gasteiger partial charge in [0.1, 0.15) is 11.6 Å². The van der Waals surface area contributed by atoms with Crippen LogP contribution in [0.3, 0.4) is 0 Å². The second kappa shape index (κ2) is 8.44. The molecule has 0 spiro atoms. The Bertz CT molecular complexity index is 1270. The molecule has 0 saturated heterocycles. The van der Waals surface area contributed by atoms with E-state index < -0.39 is 17.6 Å². The van der Waals surface area contributed by atoms with E-state index in [0.29, 0.717) is 29.9 Å². The van der Waals surface area contributed by atoms with Gasteiger partial charge in [0.15, 0.2) is 6.61 Å². The number of rotatable bonds is 5. The molecular formula is C24H19ClFN3O4. The van der Waals surface area contributed by atoms with Crippen molar-refractivity contribution in [1.82, 2.24) is 10.2 Å². The van der Waals surface area contributed by atoms with Crippen molar-refractivity contribution in [1.29, 1.82) is 0 Å². The number of carbonyl (C=O) groups is 2. The average Bonchev–Trinajstić information content (AvgIpc) is 3.38. The molecule has 0 radical (unpaired) electrons. The predicted octanol–water partition coefficient (Wildman–Crippen LogP) is 5.16. The van der Waals surface area contributed by atoms with Gasteiger partial charge in [0.25, 0.3) is 17.7 Å². The highest BCUT2D eigenvalue weighted by Crippen LogP contribution is 2.39. The molecule has 2 heterocycles. The Kier molecular flexibility index (Phi) is 5.46. The molecule has 5 rings (SSSR count). The lowest BCUT2D eigenvalue weighted by molar-refractivity contribution is -0.120. The molecule has 0 fully saturated rings. The van der Waals surface area contributed by atoms with Gasteiger partial charge in [0.05, 0.1) is 10.7 Å². The normalized spacial score (nSPS) is 15.9. The molecule has 0 saturated carbocycles. The van der Waals surface area contributed by atoms with Crippen LogP contribution in [0.4, 0.5) is 10.1 Å². The first-order valence-corrected chi connectivity index (χ1v) is 10.9. The molecular weight excluding hydrogens is 449 g/mol. The Balaban J connectivity index is 1.36. The van der Waals surface area contributed by atoms with E-state index in [4.69, 9.17) is 20.8 Å². The zero-order valence-corrected chi connectivity index (χ0v) is 18.5. The predicted molar refractivity (Wildman–Crippen MR) is 118 cm³/mol. The number of benzene rings is 2. The number of hydrogen-bond acceptors (Lipinski definition) is 6.